The van der Waals surface area contributed by atoms with E-state index in [-0.39, 0.29) is 23.7 Å². The van der Waals surface area contributed by atoms with Crippen molar-refractivity contribution in [3.05, 3.63) is 35.4 Å². The highest BCUT2D eigenvalue weighted by Gasteiger charge is 2.34. The second-order valence-electron chi connectivity index (χ2n) is 8.30. The van der Waals surface area contributed by atoms with Crippen molar-refractivity contribution in [1.29, 1.82) is 5.41 Å². The summed E-state index contributed by atoms with van der Waals surface area (Å²) in [5, 5.41) is 17.8. The van der Waals surface area contributed by atoms with E-state index in [1.807, 2.05) is 12.1 Å². The maximum atomic E-state index is 12.7. The highest BCUT2D eigenvalue weighted by atomic mass is 16.4. The van der Waals surface area contributed by atoms with Crippen LogP contribution in [0.5, 0.6) is 0 Å². The number of nitrogens with one attached hydrogen (secondary N) is 2. The number of nitrogens with two attached hydrogens (primary N) is 1. The minimum absolute atomic E-state index is 0.0312. The molecule has 1 aliphatic carbocycles. The van der Waals surface area contributed by atoms with Crippen LogP contribution < -0.4 is 11.1 Å². The van der Waals surface area contributed by atoms with E-state index in [0.717, 1.165) is 38.2 Å². The van der Waals surface area contributed by atoms with Crippen molar-refractivity contribution in [2.75, 3.05) is 6.54 Å². The summed E-state index contributed by atoms with van der Waals surface area (Å²) in [6.07, 6.45) is 8.25. The van der Waals surface area contributed by atoms with Crippen LogP contribution in [-0.2, 0) is 20.9 Å². The molecule has 1 saturated carbocycles. The van der Waals surface area contributed by atoms with Crippen LogP contribution in [0.3, 0.4) is 0 Å². The molecule has 170 valence electrons. The summed E-state index contributed by atoms with van der Waals surface area (Å²) in [5.74, 6) is -0.232. The van der Waals surface area contributed by atoms with Crippen molar-refractivity contribution in [3.8, 4) is 0 Å². The number of nitrogens with zero attached hydrogens (tertiary/aromatic N) is 1. The Kier molecular flexibility index (Phi) is 9.49. The minimum atomic E-state index is -0.833. The number of amidine groups is 1. The molecule has 1 heterocycles. The molecule has 5 N–H and O–H groups in total. The third-order valence-corrected chi connectivity index (χ3v) is 5.80. The largest absolute Gasteiger partial charge is 0.481 e. The molecular weight excluding hydrogens is 396 g/mol. The van der Waals surface area contributed by atoms with Crippen LogP contribution in [0.4, 0.5) is 0 Å². The quantitative estimate of drug-likeness (QED) is 0.406. The minimum Gasteiger partial charge on any atom is -0.481 e. The normalized spacial score (nSPS) is 18.6. The molecule has 1 saturated heterocycles. The number of aliphatic carboxylic acids is 1. The number of carbonyl (C=O) groups excluding carboxylic acids is 2. The Labute approximate surface area is 183 Å². The molecule has 8 heteroatoms. The van der Waals surface area contributed by atoms with Gasteiger partial charge in [0.1, 0.15) is 11.9 Å². The lowest BCUT2D eigenvalue weighted by molar-refractivity contribution is -0.139. The molecule has 0 aromatic heterocycles. The predicted octanol–water partition coefficient (Wildman–Crippen LogP) is 2.64. The van der Waals surface area contributed by atoms with Gasteiger partial charge in [-0.25, -0.2) is 0 Å². The highest BCUT2D eigenvalue weighted by Crippen LogP contribution is 2.28. The van der Waals surface area contributed by atoms with Gasteiger partial charge in [0.05, 0.1) is 0 Å². The van der Waals surface area contributed by atoms with Gasteiger partial charge in [-0.05, 0) is 37.2 Å². The summed E-state index contributed by atoms with van der Waals surface area (Å²) in [7, 11) is 0. The number of hydrogen-bond donors (Lipinski definition) is 4. The number of benzene rings is 1. The first kappa shape index (κ1) is 24.4. The topological polar surface area (TPSA) is 137 Å². The Bertz CT molecular complexity index is 768. The number of likely N-dealkylation sites (tertiary alicyclic amines) is 1. The summed E-state index contributed by atoms with van der Waals surface area (Å²) in [5.41, 5.74) is 7.07. The lowest BCUT2D eigenvalue weighted by atomic mass is 9.86. The first-order valence-corrected chi connectivity index (χ1v) is 11.0. The SMILES string of the molecule is CC(=O)O.N=C(N)c1ccc(CNC(=O)[C@@H]2CCCN2C(=O)CC2CCCCC2)cc1. The Balaban J connectivity index is 0.000000785. The fraction of sp³-hybridized carbons (Fsp3) is 0.565. The van der Waals surface area contributed by atoms with Gasteiger partial charge in [-0.3, -0.25) is 19.8 Å². The Morgan fingerprint density at radius 3 is 2.29 bits per heavy atom. The van der Waals surface area contributed by atoms with E-state index in [1.165, 1.54) is 19.3 Å². The van der Waals surface area contributed by atoms with Crippen LogP contribution in [0.25, 0.3) is 0 Å². The summed E-state index contributed by atoms with van der Waals surface area (Å²) >= 11 is 0. The monoisotopic (exact) mass is 430 g/mol. The van der Waals surface area contributed by atoms with E-state index in [1.54, 1.807) is 17.0 Å². The average Bonchev–Trinajstić information content (AvgIpc) is 3.23. The third-order valence-electron chi connectivity index (χ3n) is 5.80. The molecule has 0 unspecified atom stereocenters. The zero-order chi connectivity index (χ0) is 22.8. The van der Waals surface area contributed by atoms with Crippen molar-refractivity contribution >= 4 is 23.6 Å². The van der Waals surface area contributed by atoms with Gasteiger partial charge in [0.15, 0.2) is 0 Å². The van der Waals surface area contributed by atoms with Crippen molar-refractivity contribution in [3.63, 3.8) is 0 Å². The van der Waals surface area contributed by atoms with Gasteiger partial charge in [-0.1, -0.05) is 43.5 Å². The van der Waals surface area contributed by atoms with E-state index in [0.29, 0.717) is 31.0 Å². The molecule has 1 atom stereocenters. The van der Waals surface area contributed by atoms with Gasteiger partial charge in [0.25, 0.3) is 5.97 Å². The molecule has 0 spiro atoms. The van der Waals surface area contributed by atoms with Crippen LogP contribution in [0.15, 0.2) is 24.3 Å². The second-order valence-corrected chi connectivity index (χ2v) is 8.30. The summed E-state index contributed by atoms with van der Waals surface area (Å²) in [6.45, 7) is 2.19. The molecule has 3 rings (SSSR count). The van der Waals surface area contributed by atoms with Gasteiger partial charge in [0, 0.05) is 32.0 Å². The molecule has 0 radical (unpaired) electrons. The molecule has 0 bridgehead atoms. The number of hydrogen-bond acceptors (Lipinski definition) is 4. The maximum Gasteiger partial charge on any atom is 0.300 e. The zero-order valence-electron chi connectivity index (χ0n) is 18.2. The van der Waals surface area contributed by atoms with Crippen LogP contribution in [-0.4, -0.2) is 46.2 Å². The van der Waals surface area contributed by atoms with E-state index in [2.05, 4.69) is 5.32 Å². The van der Waals surface area contributed by atoms with E-state index in [9.17, 15) is 9.59 Å². The third kappa shape index (κ3) is 8.03. The van der Waals surface area contributed by atoms with Gasteiger partial charge in [-0.2, -0.15) is 0 Å². The van der Waals surface area contributed by atoms with E-state index < -0.39 is 5.97 Å². The zero-order valence-corrected chi connectivity index (χ0v) is 18.2. The van der Waals surface area contributed by atoms with Crippen molar-refractivity contribution in [1.82, 2.24) is 10.2 Å². The molecule has 31 heavy (non-hydrogen) atoms. The molecule has 1 aromatic rings. The molecule has 2 fully saturated rings. The van der Waals surface area contributed by atoms with Gasteiger partial charge < -0.3 is 21.1 Å². The molecule has 2 aliphatic rings. The van der Waals surface area contributed by atoms with Gasteiger partial charge >= 0.3 is 0 Å². The van der Waals surface area contributed by atoms with E-state index >= 15 is 0 Å². The highest BCUT2D eigenvalue weighted by molar-refractivity contribution is 5.94. The second kappa shape index (κ2) is 12.1. The molecular formula is C23H34N4O4. The van der Waals surface area contributed by atoms with Crippen molar-refractivity contribution in [2.45, 2.75) is 70.9 Å². The van der Waals surface area contributed by atoms with Gasteiger partial charge in [-0.15, -0.1) is 0 Å². The van der Waals surface area contributed by atoms with E-state index in [4.69, 9.17) is 21.0 Å². The molecule has 1 aromatic carbocycles. The Morgan fingerprint density at radius 2 is 1.71 bits per heavy atom. The number of amides is 2. The lowest BCUT2D eigenvalue weighted by Crippen LogP contribution is -2.46. The smallest absolute Gasteiger partial charge is 0.300 e. The summed E-state index contributed by atoms with van der Waals surface area (Å²) in [4.78, 5) is 36.2. The number of carbonyl (C=O) groups is 3. The van der Waals surface area contributed by atoms with Crippen LogP contribution in [0, 0.1) is 11.3 Å². The first-order chi connectivity index (χ1) is 14.8. The molecule has 2 amide bonds. The van der Waals surface area contributed by atoms with Crippen LogP contribution in [0.2, 0.25) is 0 Å². The first-order valence-electron chi connectivity index (χ1n) is 11.0. The summed E-state index contributed by atoms with van der Waals surface area (Å²) in [6, 6.07) is 6.94. The number of rotatable bonds is 6. The number of nitrogen functional groups attached to an aromatic ring is 1. The maximum absolute atomic E-state index is 12.7. The fourth-order valence-electron chi connectivity index (χ4n) is 4.20. The molecule has 1 aliphatic heterocycles. The van der Waals surface area contributed by atoms with Crippen molar-refractivity contribution < 1.29 is 19.5 Å². The van der Waals surface area contributed by atoms with Crippen molar-refractivity contribution in [2.24, 2.45) is 11.7 Å². The predicted molar refractivity (Wildman–Crippen MR) is 119 cm³/mol. The van der Waals surface area contributed by atoms with Crippen LogP contribution >= 0.6 is 0 Å². The lowest BCUT2D eigenvalue weighted by Gasteiger charge is -2.27. The summed E-state index contributed by atoms with van der Waals surface area (Å²) < 4.78 is 0. The number of carboxylic acid groups (broad SMARTS) is 1. The number of carboxylic acids is 1. The average molecular weight is 431 g/mol. The van der Waals surface area contributed by atoms with Gasteiger partial charge in [0.2, 0.25) is 11.8 Å². The Morgan fingerprint density at radius 1 is 1.10 bits per heavy atom. The standard InChI is InChI=1S/C21H30N4O2.C2H4O2/c22-20(23)17-10-8-16(9-11-17)14-24-21(27)18-7-4-12-25(18)19(26)13-15-5-2-1-3-6-15;1-2(3)4/h8-11,15,18H,1-7,12-14H2,(H3,22,23)(H,24,27);1H3,(H,3,4)/t18-;/m0./s1. The molecule has 8 nitrogen and oxygen atoms in total. The fourth-order valence-corrected chi connectivity index (χ4v) is 4.20. The van der Waals surface area contributed by atoms with Crippen LogP contribution in [0.1, 0.15) is 69.4 Å². The Hall–Kier alpha value is -2.90.